The molecular weight excluding hydrogens is 1030 g/mol. The van der Waals surface area contributed by atoms with E-state index in [0.29, 0.717) is 80.6 Å². The number of rotatable bonds is 18. The number of carbonyl (C=O) groups is 7. The number of fused-ring (bicyclic) bond motifs is 3. The van der Waals surface area contributed by atoms with Crippen LogP contribution in [0.15, 0.2) is 54.6 Å². The zero-order valence-electron chi connectivity index (χ0n) is 42.3. The number of aliphatic carboxylic acids is 4. The number of halogens is 2. The van der Waals surface area contributed by atoms with Gasteiger partial charge in [-0.1, -0.05) is 35.3 Å². The van der Waals surface area contributed by atoms with E-state index in [4.69, 9.17) is 42.5 Å². The molecule has 0 radical (unpaired) electrons. The highest BCUT2D eigenvalue weighted by atomic mass is 35.5. The molecule has 2 saturated heterocycles. The van der Waals surface area contributed by atoms with E-state index in [-0.39, 0.29) is 110 Å². The summed E-state index contributed by atoms with van der Waals surface area (Å²) in [7, 11) is 1.51. The number of nitrogens with zero attached hydrogens (tertiary/aromatic N) is 7. The van der Waals surface area contributed by atoms with Gasteiger partial charge in [0.25, 0.3) is 5.91 Å². The molecule has 2 fully saturated rings. The maximum atomic E-state index is 14.4. The van der Waals surface area contributed by atoms with Crippen LogP contribution in [0.4, 0.5) is 5.69 Å². The molecule has 0 bridgehead atoms. The topological polar surface area (TPSA) is 286 Å². The molecular formula is C51H61Cl2N9O14. The van der Waals surface area contributed by atoms with E-state index in [2.05, 4.69) is 10.6 Å². The quantitative estimate of drug-likeness (QED) is 0.0832. The van der Waals surface area contributed by atoms with E-state index in [1.165, 1.54) is 7.11 Å². The van der Waals surface area contributed by atoms with Crippen molar-refractivity contribution in [3.05, 3.63) is 75.9 Å². The number of carboxylic acids is 4. The van der Waals surface area contributed by atoms with Crippen molar-refractivity contribution < 1.29 is 68.2 Å². The minimum absolute atomic E-state index is 0.0144. The zero-order valence-corrected chi connectivity index (χ0v) is 43.8. The van der Waals surface area contributed by atoms with E-state index in [1.807, 2.05) is 26.0 Å². The van der Waals surface area contributed by atoms with Crippen molar-refractivity contribution >= 4 is 70.5 Å². The van der Waals surface area contributed by atoms with Crippen molar-refractivity contribution in [1.29, 1.82) is 0 Å². The molecule has 3 aliphatic heterocycles. The molecule has 4 heterocycles. The van der Waals surface area contributed by atoms with Crippen LogP contribution in [0.2, 0.25) is 10.0 Å². The molecule has 0 saturated carbocycles. The molecule has 1 unspecified atom stereocenters. The van der Waals surface area contributed by atoms with Gasteiger partial charge in [0.2, 0.25) is 11.8 Å². The molecule has 3 aliphatic rings. The molecule has 3 amide bonds. The maximum absolute atomic E-state index is 14.4. The standard InChI is InChI=1S/C51H61Cl2N9O14/c1-51(2)30-75-18-17-61(51)49(71)47-38-29-76-41-24-40(74-3)36(23-37(41)48(38)62(56-47)35-21-32(52)20-33(53)22-35)31-5-4-6-34(19-31)54-42(63)8-7-39(50(72)73)55-43(64)25-57-9-11-58(26-44(65)66)13-15-60(28-46(69)70)16-14-59(12-10-57)27-45(67)68/h4-6,19-24,39H,7-18,25-30H2,1-3H3,(H,54,63)(H,55,64)(H,65,66)(H,67,68)(H,69,70)(H,72,73). The van der Waals surface area contributed by atoms with Crippen LogP contribution in [-0.4, -0.2) is 213 Å². The Bertz CT molecular complexity index is 2790. The lowest BCUT2D eigenvalue weighted by Gasteiger charge is -2.41. The van der Waals surface area contributed by atoms with Gasteiger partial charge in [-0.05, 0) is 62.2 Å². The Balaban J connectivity index is 1.06. The van der Waals surface area contributed by atoms with Crippen LogP contribution in [-0.2, 0) is 40.1 Å². The van der Waals surface area contributed by atoms with Gasteiger partial charge < -0.3 is 50.2 Å². The zero-order chi connectivity index (χ0) is 54.8. The average molecular weight is 1100 g/mol. The lowest BCUT2D eigenvalue weighted by Crippen LogP contribution is -2.55. The second-order valence-electron chi connectivity index (χ2n) is 19.3. The molecule has 0 spiro atoms. The predicted octanol–water partition coefficient (Wildman–Crippen LogP) is 3.43. The van der Waals surface area contributed by atoms with Crippen molar-refractivity contribution in [3.8, 4) is 39.6 Å². The fraction of sp³-hybridized carbons (Fsp3) is 0.451. The number of anilines is 1. The van der Waals surface area contributed by atoms with E-state index >= 15 is 0 Å². The van der Waals surface area contributed by atoms with Gasteiger partial charge in [-0.2, -0.15) is 5.10 Å². The van der Waals surface area contributed by atoms with E-state index in [1.54, 1.807) is 71.6 Å². The number of benzene rings is 3. The molecule has 23 nitrogen and oxygen atoms in total. The van der Waals surface area contributed by atoms with E-state index in [0.717, 1.165) is 0 Å². The summed E-state index contributed by atoms with van der Waals surface area (Å²) in [6.45, 7) is 4.93. The average Bonchev–Trinajstić information content (AvgIpc) is 3.77. The second kappa shape index (κ2) is 25.3. The largest absolute Gasteiger partial charge is 0.496 e. The lowest BCUT2D eigenvalue weighted by molar-refractivity contribution is -0.142. The van der Waals surface area contributed by atoms with Crippen LogP contribution in [0.1, 0.15) is 42.7 Å². The summed E-state index contributed by atoms with van der Waals surface area (Å²) in [5.74, 6) is -5.32. The van der Waals surface area contributed by atoms with E-state index < -0.39 is 47.3 Å². The number of hydrogen-bond acceptors (Lipinski definition) is 15. The fourth-order valence-electron chi connectivity index (χ4n) is 9.41. The first-order valence-corrected chi connectivity index (χ1v) is 25.2. The molecule has 6 N–H and O–H groups in total. The number of amides is 3. The Kier molecular flexibility index (Phi) is 18.9. The molecule has 3 aromatic carbocycles. The van der Waals surface area contributed by atoms with Crippen molar-refractivity contribution in [2.24, 2.45) is 0 Å². The summed E-state index contributed by atoms with van der Waals surface area (Å²) in [6.07, 6.45) is -0.584. The second-order valence-corrected chi connectivity index (χ2v) is 20.2. The highest BCUT2D eigenvalue weighted by Crippen LogP contribution is 2.47. The van der Waals surface area contributed by atoms with Crippen LogP contribution in [0.3, 0.4) is 0 Å². The number of ether oxygens (including phenoxy) is 3. The summed E-state index contributed by atoms with van der Waals surface area (Å²) in [6, 6.07) is 14.0. The third-order valence-corrected chi connectivity index (χ3v) is 13.7. The number of aromatic nitrogens is 2. The van der Waals surface area contributed by atoms with Crippen LogP contribution in [0.25, 0.3) is 28.1 Å². The van der Waals surface area contributed by atoms with Crippen LogP contribution >= 0.6 is 23.2 Å². The summed E-state index contributed by atoms with van der Waals surface area (Å²) in [4.78, 5) is 97.0. The molecule has 76 heavy (non-hydrogen) atoms. The van der Waals surface area contributed by atoms with Crippen molar-refractivity contribution in [2.45, 2.75) is 44.9 Å². The van der Waals surface area contributed by atoms with Gasteiger partial charge in [-0.3, -0.25) is 48.4 Å². The Morgan fingerprint density at radius 2 is 1.32 bits per heavy atom. The van der Waals surface area contributed by atoms with Gasteiger partial charge in [0, 0.05) is 104 Å². The van der Waals surface area contributed by atoms with Crippen LogP contribution in [0.5, 0.6) is 11.5 Å². The fourth-order valence-corrected chi connectivity index (χ4v) is 9.92. The number of methoxy groups -OCH3 is 1. The molecule has 1 atom stereocenters. The highest BCUT2D eigenvalue weighted by molar-refractivity contribution is 6.34. The number of carboxylic acid groups (broad SMARTS) is 4. The first kappa shape index (κ1) is 56.9. The number of hydrogen-bond donors (Lipinski definition) is 6. The smallest absolute Gasteiger partial charge is 0.326 e. The minimum atomic E-state index is -1.47. The third-order valence-electron chi connectivity index (χ3n) is 13.2. The normalized spacial score (nSPS) is 17.1. The lowest BCUT2D eigenvalue weighted by atomic mass is 9.95. The Morgan fingerprint density at radius 1 is 0.737 bits per heavy atom. The molecule has 4 aromatic rings. The predicted molar refractivity (Wildman–Crippen MR) is 277 cm³/mol. The highest BCUT2D eigenvalue weighted by Gasteiger charge is 2.39. The monoisotopic (exact) mass is 1090 g/mol. The van der Waals surface area contributed by atoms with Gasteiger partial charge >= 0.3 is 23.9 Å². The Morgan fingerprint density at radius 3 is 1.86 bits per heavy atom. The van der Waals surface area contributed by atoms with Crippen molar-refractivity contribution in [1.82, 2.24) is 39.6 Å². The summed E-state index contributed by atoms with van der Waals surface area (Å²) in [5.41, 5.74) is 3.33. The Labute approximate surface area is 447 Å². The first-order valence-electron chi connectivity index (χ1n) is 24.5. The SMILES string of the molecule is COc1cc2c(cc1-c1cccc(NC(=O)CCC(NC(=O)CN3CCN(CC(=O)O)CCN(CC(=O)O)CCN(CC(=O)O)CC3)C(=O)O)c1)-c1c(c(C(=O)N3CCOCC3(C)C)nn1-c1cc(Cl)cc(Cl)c1)CO2. The van der Waals surface area contributed by atoms with Gasteiger partial charge in [-0.15, -0.1) is 0 Å². The van der Waals surface area contributed by atoms with Crippen LogP contribution in [0, 0.1) is 0 Å². The van der Waals surface area contributed by atoms with Crippen molar-refractivity contribution in [2.75, 3.05) is 111 Å². The van der Waals surface area contributed by atoms with Gasteiger partial charge in [-0.25, -0.2) is 9.48 Å². The molecule has 7 rings (SSSR count). The number of morpholine rings is 1. The first-order chi connectivity index (χ1) is 36.2. The summed E-state index contributed by atoms with van der Waals surface area (Å²) in [5, 5.41) is 49.6. The number of carbonyl (C=O) groups excluding carboxylic acids is 3. The molecule has 0 aliphatic carbocycles. The molecule has 25 heteroatoms. The maximum Gasteiger partial charge on any atom is 0.326 e. The summed E-state index contributed by atoms with van der Waals surface area (Å²) < 4.78 is 19.5. The summed E-state index contributed by atoms with van der Waals surface area (Å²) >= 11 is 13.0. The third kappa shape index (κ3) is 14.7. The van der Waals surface area contributed by atoms with Gasteiger partial charge in [0.1, 0.15) is 24.1 Å². The molecule has 1 aromatic heterocycles. The van der Waals surface area contributed by atoms with E-state index in [9.17, 15) is 54.0 Å². The Hall–Kier alpha value is -6.86. The van der Waals surface area contributed by atoms with Gasteiger partial charge in [0.05, 0.1) is 63.4 Å². The number of nitrogens with one attached hydrogen (secondary N) is 2. The van der Waals surface area contributed by atoms with Crippen molar-refractivity contribution in [3.63, 3.8) is 0 Å². The van der Waals surface area contributed by atoms with Gasteiger partial charge in [0.15, 0.2) is 5.69 Å². The molecule has 408 valence electrons. The minimum Gasteiger partial charge on any atom is -0.496 e. The van der Waals surface area contributed by atoms with Crippen LogP contribution < -0.4 is 20.1 Å².